The van der Waals surface area contributed by atoms with E-state index < -0.39 is 9.05 Å². The third kappa shape index (κ3) is 2.75. The van der Waals surface area contributed by atoms with Gasteiger partial charge in [0.05, 0.1) is 12.4 Å². The summed E-state index contributed by atoms with van der Waals surface area (Å²) in [6, 6.07) is 2.78. The zero-order chi connectivity index (χ0) is 12.5. The molecular weight excluding hydrogens is 266 g/mol. The van der Waals surface area contributed by atoms with Crippen molar-refractivity contribution in [3.8, 4) is 11.6 Å². The minimum atomic E-state index is -3.89. The van der Waals surface area contributed by atoms with E-state index in [1.54, 1.807) is 13.2 Å². The monoisotopic (exact) mass is 273 g/mol. The van der Waals surface area contributed by atoms with Gasteiger partial charge in [-0.3, -0.25) is 4.68 Å². The van der Waals surface area contributed by atoms with Crippen LogP contribution in [0.15, 0.2) is 35.6 Å². The standard InChI is InChI=1S/C9H8ClN3O3S/c1-13-6-7(5-12-13)16-9-8(17(10,14)15)3-2-4-11-9/h2-6H,1H3. The molecule has 0 N–H and O–H groups in total. The van der Waals surface area contributed by atoms with Gasteiger partial charge in [-0.2, -0.15) is 5.10 Å². The van der Waals surface area contributed by atoms with Gasteiger partial charge >= 0.3 is 0 Å². The van der Waals surface area contributed by atoms with Gasteiger partial charge in [0, 0.05) is 23.9 Å². The van der Waals surface area contributed by atoms with Crippen LogP contribution in [0.5, 0.6) is 11.6 Å². The van der Waals surface area contributed by atoms with Gasteiger partial charge in [0.25, 0.3) is 9.05 Å². The normalized spacial score (nSPS) is 11.4. The summed E-state index contributed by atoms with van der Waals surface area (Å²) in [4.78, 5) is 3.65. The van der Waals surface area contributed by atoms with Crippen LogP contribution in [0, 0.1) is 0 Å². The number of halogens is 1. The molecule has 0 bridgehead atoms. The highest BCUT2D eigenvalue weighted by Crippen LogP contribution is 2.27. The van der Waals surface area contributed by atoms with Crippen molar-refractivity contribution in [1.29, 1.82) is 0 Å². The maximum absolute atomic E-state index is 11.3. The van der Waals surface area contributed by atoms with Gasteiger partial charge in [0.2, 0.25) is 5.88 Å². The molecule has 2 rings (SSSR count). The minimum Gasteiger partial charge on any atom is -0.434 e. The van der Waals surface area contributed by atoms with Crippen molar-refractivity contribution < 1.29 is 13.2 Å². The van der Waals surface area contributed by atoms with Gasteiger partial charge < -0.3 is 4.74 Å². The zero-order valence-corrected chi connectivity index (χ0v) is 10.3. The second kappa shape index (κ2) is 4.34. The lowest BCUT2D eigenvalue weighted by Crippen LogP contribution is -1.97. The lowest BCUT2D eigenvalue weighted by atomic mass is 10.5. The Hall–Kier alpha value is -1.60. The van der Waals surface area contributed by atoms with E-state index in [2.05, 4.69) is 10.1 Å². The fourth-order valence-corrected chi connectivity index (χ4v) is 2.10. The van der Waals surface area contributed by atoms with Crippen molar-refractivity contribution in [1.82, 2.24) is 14.8 Å². The number of aryl methyl sites for hydroxylation is 1. The smallest absolute Gasteiger partial charge is 0.266 e. The molecule has 90 valence electrons. The van der Waals surface area contributed by atoms with E-state index in [9.17, 15) is 8.42 Å². The molecule has 0 radical (unpaired) electrons. The number of hydrogen-bond donors (Lipinski definition) is 0. The topological polar surface area (TPSA) is 74.1 Å². The van der Waals surface area contributed by atoms with E-state index in [-0.39, 0.29) is 10.8 Å². The first-order valence-electron chi connectivity index (χ1n) is 4.53. The van der Waals surface area contributed by atoms with Gasteiger partial charge in [-0.1, -0.05) is 0 Å². The second-order valence-electron chi connectivity index (χ2n) is 3.20. The molecule has 0 saturated carbocycles. The Morgan fingerprint density at radius 2 is 2.24 bits per heavy atom. The van der Waals surface area contributed by atoms with Crippen LogP contribution >= 0.6 is 10.7 Å². The van der Waals surface area contributed by atoms with E-state index in [1.807, 2.05) is 0 Å². The predicted molar refractivity (Wildman–Crippen MR) is 60.6 cm³/mol. The molecule has 0 aliphatic heterocycles. The van der Waals surface area contributed by atoms with Crippen LogP contribution in [0.2, 0.25) is 0 Å². The van der Waals surface area contributed by atoms with Crippen LogP contribution in [0.25, 0.3) is 0 Å². The summed E-state index contributed by atoms with van der Waals surface area (Å²) in [5.74, 6) is 0.309. The molecule has 0 aliphatic carbocycles. The zero-order valence-electron chi connectivity index (χ0n) is 8.74. The van der Waals surface area contributed by atoms with E-state index in [0.29, 0.717) is 5.75 Å². The first kappa shape index (κ1) is 11.9. The second-order valence-corrected chi connectivity index (χ2v) is 5.73. The van der Waals surface area contributed by atoms with E-state index in [0.717, 1.165) is 0 Å². The van der Waals surface area contributed by atoms with Crippen LogP contribution in [0.3, 0.4) is 0 Å². The van der Waals surface area contributed by atoms with Crippen molar-refractivity contribution in [3.05, 3.63) is 30.7 Å². The highest BCUT2D eigenvalue weighted by atomic mass is 35.7. The molecule has 2 aromatic rings. The third-order valence-electron chi connectivity index (χ3n) is 1.89. The molecule has 0 amide bonds. The number of rotatable bonds is 3. The summed E-state index contributed by atoms with van der Waals surface area (Å²) in [6.45, 7) is 0. The molecule has 0 atom stereocenters. The van der Waals surface area contributed by atoms with Gasteiger partial charge in [-0.05, 0) is 12.1 Å². The number of nitrogens with zero attached hydrogens (tertiary/aromatic N) is 3. The van der Waals surface area contributed by atoms with Crippen LogP contribution < -0.4 is 4.74 Å². The van der Waals surface area contributed by atoms with Gasteiger partial charge in [0.1, 0.15) is 4.90 Å². The lowest BCUT2D eigenvalue weighted by Gasteiger charge is -2.04. The Balaban J connectivity index is 2.40. The largest absolute Gasteiger partial charge is 0.434 e. The summed E-state index contributed by atoms with van der Waals surface area (Å²) in [7, 11) is 3.09. The van der Waals surface area contributed by atoms with E-state index >= 15 is 0 Å². The first-order valence-corrected chi connectivity index (χ1v) is 6.84. The highest BCUT2D eigenvalue weighted by Gasteiger charge is 2.18. The van der Waals surface area contributed by atoms with Crippen molar-refractivity contribution in [3.63, 3.8) is 0 Å². The van der Waals surface area contributed by atoms with Crippen molar-refractivity contribution in [2.75, 3.05) is 0 Å². The molecule has 0 aliphatic rings. The quantitative estimate of drug-likeness (QED) is 0.793. The van der Waals surface area contributed by atoms with Crippen LogP contribution in [0.4, 0.5) is 0 Å². The third-order valence-corrected chi connectivity index (χ3v) is 3.23. The van der Waals surface area contributed by atoms with E-state index in [1.165, 1.54) is 29.2 Å². The maximum atomic E-state index is 11.3. The summed E-state index contributed by atoms with van der Waals surface area (Å²) in [5, 5.41) is 3.89. The highest BCUT2D eigenvalue weighted by molar-refractivity contribution is 8.13. The molecular formula is C9H8ClN3O3S. The fourth-order valence-electron chi connectivity index (χ4n) is 1.20. The van der Waals surface area contributed by atoms with Crippen molar-refractivity contribution >= 4 is 19.7 Å². The molecule has 0 fully saturated rings. The summed E-state index contributed by atoms with van der Waals surface area (Å²) in [5.41, 5.74) is 0. The summed E-state index contributed by atoms with van der Waals surface area (Å²) >= 11 is 0. The van der Waals surface area contributed by atoms with Crippen LogP contribution in [-0.4, -0.2) is 23.2 Å². The Labute approximate surface area is 102 Å². The lowest BCUT2D eigenvalue weighted by molar-refractivity contribution is 0.447. The average Bonchev–Trinajstić information content (AvgIpc) is 2.63. The Morgan fingerprint density at radius 1 is 1.47 bits per heavy atom. The SMILES string of the molecule is Cn1cc(Oc2ncccc2S(=O)(=O)Cl)cn1. The molecule has 2 aromatic heterocycles. The van der Waals surface area contributed by atoms with Crippen molar-refractivity contribution in [2.24, 2.45) is 7.05 Å². The fraction of sp³-hybridized carbons (Fsp3) is 0.111. The summed E-state index contributed by atoms with van der Waals surface area (Å²) in [6.07, 6.45) is 4.44. The van der Waals surface area contributed by atoms with Gasteiger partial charge in [0.15, 0.2) is 5.75 Å². The number of aromatic nitrogens is 3. The van der Waals surface area contributed by atoms with Crippen LogP contribution in [-0.2, 0) is 16.1 Å². The Kier molecular flexibility index (Phi) is 3.03. The molecule has 0 saturated heterocycles. The molecule has 17 heavy (non-hydrogen) atoms. The molecule has 2 heterocycles. The molecule has 8 heteroatoms. The average molecular weight is 274 g/mol. The van der Waals surface area contributed by atoms with Crippen LogP contribution in [0.1, 0.15) is 0 Å². The summed E-state index contributed by atoms with van der Waals surface area (Å²) < 4.78 is 29.4. The first-order chi connectivity index (χ1) is 7.97. The maximum Gasteiger partial charge on any atom is 0.266 e. The minimum absolute atomic E-state index is 0.0736. The van der Waals surface area contributed by atoms with Gasteiger partial charge in [-0.25, -0.2) is 13.4 Å². The Bertz CT molecular complexity index is 638. The molecule has 0 aromatic carbocycles. The number of ether oxygens (including phenoxy) is 1. The molecule has 6 nitrogen and oxygen atoms in total. The molecule has 0 unspecified atom stereocenters. The predicted octanol–water partition coefficient (Wildman–Crippen LogP) is 1.53. The molecule has 0 spiro atoms. The Morgan fingerprint density at radius 3 is 2.82 bits per heavy atom. The number of pyridine rings is 1. The van der Waals surface area contributed by atoms with E-state index in [4.69, 9.17) is 15.4 Å². The van der Waals surface area contributed by atoms with Crippen molar-refractivity contribution in [2.45, 2.75) is 4.90 Å². The number of hydrogen-bond acceptors (Lipinski definition) is 5. The van der Waals surface area contributed by atoms with Gasteiger partial charge in [-0.15, -0.1) is 0 Å².